The van der Waals surface area contributed by atoms with Crippen molar-refractivity contribution >= 4 is 37.1 Å². The fourth-order valence-corrected chi connectivity index (χ4v) is 2.54. The first-order chi connectivity index (χ1) is 9.60. The standard InChI is InChI=1S/C14H20N2O3SSi/c1-14(2,3)21(4,5)19-9-11-12(15-10-20)7-6-8-13(11)16(17)18/h6-8H,9H2,1-5H3. The molecule has 0 amide bonds. The van der Waals surface area contributed by atoms with Crippen LogP contribution in [0.2, 0.25) is 18.1 Å². The van der Waals surface area contributed by atoms with Gasteiger partial charge in [0.25, 0.3) is 5.69 Å². The lowest BCUT2D eigenvalue weighted by Gasteiger charge is -2.36. The van der Waals surface area contributed by atoms with Crippen LogP contribution < -0.4 is 0 Å². The molecule has 0 radical (unpaired) electrons. The number of isothiocyanates is 1. The lowest BCUT2D eigenvalue weighted by Crippen LogP contribution is -2.40. The van der Waals surface area contributed by atoms with Crippen LogP contribution in [0, 0.1) is 10.1 Å². The number of aliphatic imine (C=N–C) groups is 1. The van der Waals surface area contributed by atoms with Gasteiger partial charge in [-0.2, -0.15) is 4.99 Å². The summed E-state index contributed by atoms with van der Waals surface area (Å²) in [5.41, 5.74) is 0.891. The van der Waals surface area contributed by atoms with Crippen LogP contribution in [0.1, 0.15) is 26.3 Å². The molecule has 21 heavy (non-hydrogen) atoms. The number of nitrogens with zero attached hydrogens (tertiary/aromatic N) is 2. The molecular weight excluding hydrogens is 304 g/mol. The van der Waals surface area contributed by atoms with Crippen LogP contribution in [0.5, 0.6) is 0 Å². The van der Waals surface area contributed by atoms with Crippen LogP contribution in [0.15, 0.2) is 23.2 Å². The van der Waals surface area contributed by atoms with E-state index in [1.54, 1.807) is 12.1 Å². The van der Waals surface area contributed by atoms with E-state index in [2.05, 4.69) is 56.2 Å². The molecule has 5 nitrogen and oxygen atoms in total. The lowest BCUT2D eigenvalue weighted by molar-refractivity contribution is -0.385. The summed E-state index contributed by atoms with van der Waals surface area (Å²) in [4.78, 5) is 14.7. The van der Waals surface area contributed by atoms with E-state index in [9.17, 15) is 10.1 Å². The smallest absolute Gasteiger partial charge is 0.277 e. The van der Waals surface area contributed by atoms with Crippen molar-refractivity contribution in [1.29, 1.82) is 0 Å². The Balaban J connectivity index is 3.18. The molecule has 0 bridgehead atoms. The molecule has 0 heterocycles. The number of nitro groups is 1. The number of hydrogen-bond donors (Lipinski definition) is 0. The summed E-state index contributed by atoms with van der Waals surface area (Å²) >= 11 is 4.60. The van der Waals surface area contributed by atoms with Gasteiger partial charge in [0.15, 0.2) is 8.32 Å². The Morgan fingerprint density at radius 3 is 2.52 bits per heavy atom. The summed E-state index contributed by atoms with van der Waals surface area (Å²) in [6, 6.07) is 4.71. The number of benzene rings is 1. The van der Waals surface area contributed by atoms with Gasteiger partial charge in [0.2, 0.25) is 0 Å². The second-order valence-corrected chi connectivity index (χ2v) is 11.3. The number of thiocarbonyl (C=S) groups is 1. The van der Waals surface area contributed by atoms with Gasteiger partial charge in [-0.25, -0.2) is 0 Å². The molecule has 0 saturated carbocycles. The SMILES string of the molecule is CC(C)(C)[Si](C)(C)OCc1c(N=C=S)cccc1[N+](=O)[O-]. The van der Waals surface area contributed by atoms with Gasteiger partial charge in [-0.15, -0.1) is 0 Å². The fourth-order valence-electron chi connectivity index (χ4n) is 1.50. The molecular formula is C14H20N2O3SSi. The highest BCUT2D eigenvalue weighted by Crippen LogP contribution is 2.38. The second-order valence-electron chi connectivity index (χ2n) is 6.28. The Labute approximate surface area is 131 Å². The summed E-state index contributed by atoms with van der Waals surface area (Å²) in [5.74, 6) is 0. The molecule has 0 aromatic heterocycles. The molecule has 0 unspecified atom stereocenters. The third kappa shape index (κ3) is 4.28. The predicted molar refractivity (Wildman–Crippen MR) is 89.8 cm³/mol. The van der Waals surface area contributed by atoms with Crippen LogP contribution in [0.4, 0.5) is 11.4 Å². The third-order valence-corrected chi connectivity index (χ3v) is 8.44. The van der Waals surface area contributed by atoms with Crippen LogP contribution in [0.3, 0.4) is 0 Å². The van der Waals surface area contributed by atoms with Gasteiger partial charge in [-0.1, -0.05) is 26.8 Å². The maximum atomic E-state index is 11.2. The highest BCUT2D eigenvalue weighted by molar-refractivity contribution is 7.78. The van der Waals surface area contributed by atoms with E-state index in [1.165, 1.54) is 6.07 Å². The maximum absolute atomic E-state index is 11.2. The Kier molecular flexibility index (Phi) is 5.52. The van der Waals surface area contributed by atoms with E-state index in [0.29, 0.717) is 11.3 Å². The topological polar surface area (TPSA) is 64.7 Å². The first-order valence-corrected chi connectivity index (χ1v) is 9.90. The highest BCUT2D eigenvalue weighted by atomic mass is 32.1. The molecule has 1 rings (SSSR count). The molecule has 7 heteroatoms. The molecule has 0 aliphatic carbocycles. The van der Waals surface area contributed by atoms with E-state index < -0.39 is 13.2 Å². The molecule has 0 fully saturated rings. The Morgan fingerprint density at radius 1 is 1.43 bits per heavy atom. The van der Waals surface area contributed by atoms with Gasteiger partial charge in [-0.05, 0) is 36.4 Å². The van der Waals surface area contributed by atoms with E-state index in [1.807, 2.05) is 0 Å². The van der Waals surface area contributed by atoms with Crippen molar-refractivity contribution in [2.24, 2.45) is 4.99 Å². The predicted octanol–water partition coefficient (Wildman–Crippen LogP) is 4.85. The molecule has 114 valence electrons. The monoisotopic (exact) mass is 324 g/mol. The molecule has 0 N–H and O–H groups in total. The Morgan fingerprint density at radius 2 is 2.05 bits per heavy atom. The molecule has 1 aromatic rings. The molecule has 0 spiro atoms. The average molecular weight is 324 g/mol. The minimum atomic E-state index is -2.00. The van der Waals surface area contributed by atoms with Crippen LogP contribution >= 0.6 is 12.2 Å². The van der Waals surface area contributed by atoms with Crippen molar-refractivity contribution in [2.45, 2.75) is 45.5 Å². The maximum Gasteiger partial charge on any atom is 0.277 e. The zero-order valence-corrected chi connectivity index (χ0v) is 14.8. The number of hydrogen-bond acceptors (Lipinski definition) is 5. The molecule has 0 aliphatic rings. The zero-order valence-electron chi connectivity index (χ0n) is 13.0. The van der Waals surface area contributed by atoms with Crippen molar-refractivity contribution in [3.05, 3.63) is 33.9 Å². The Hall–Kier alpha value is -1.40. The first kappa shape index (κ1) is 17.6. The van der Waals surface area contributed by atoms with Gasteiger partial charge in [0.1, 0.15) is 0 Å². The molecule has 0 aliphatic heterocycles. The number of nitro benzene ring substituents is 1. The van der Waals surface area contributed by atoms with Crippen molar-refractivity contribution in [2.75, 3.05) is 0 Å². The van der Waals surface area contributed by atoms with Crippen molar-refractivity contribution in [3.8, 4) is 0 Å². The van der Waals surface area contributed by atoms with Gasteiger partial charge < -0.3 is 4.43 Å². The van der Waals surface area contributed by atoms with Crippen molar-refractivity contribution in [3.63, 3.8) is 0 Å². The largest absolute Gasteiger partial charge is 0.412 e. The van der Waals surface area contributed by atoms with E-state index >= 15 is 0 Å². The Bertz CT molecular complexity index is 570. The normalized spacial score (nSPS) is 11.9. The fraction of sp³-hybridized carbons (Fsp3) is 0.500. The highest BCUT2D eigenvalue weighted by Gasteiger charge is 2.37. The van der Waals surface area contributed by atoms with Gasteiger partial charge in [0.05, 0.1) is 27.9 Å². The summed E-state index contributed by atoms with van der Waals surface area (Å²) in [7, 11) is -2.00. The minimum absolute atomic E-state index is 0.000194. The summed E-state index contributed by atoms with van der Waals surface area (Å²) in [6.45, 7) is 10.7. The van der Waals surface area contributed by atoms with E-state index in [-0.39, 0.29) is 17.3 Å². The van der Waals surface area contributed by atoms with Gasteiger partial charge in [-0.3, -0.25) is 10.1 Å². The average Bonchev–Trinajstić information content (AvgIpc) is 2.35. The van der Waals surface area contributed by atoms with Gasteiger partial charge in [0, 0.05) is 6.07 Å². The summed E-state index contributed by atoms with van der Waals surface area (Å²) < 4.78 is 6.07. The number of rotatable bonds is 5. The van der Waals surface area contributed by atoms with E-state index in [4.69, 9.17) is 4.43 Å². The van der Waals surface area contributed by atoms with Crippen LogP contribution in [-0.4, -0.2) is 18.4 Å². The third-order valence-electron chi connectivity index (χ3n) is 3.87. The molecule has 1 aromatic carbocycles. The van der Waals surface area contributed by atoms with E-state index in [0.717, 1.165) is 0 Å². The molecule has 0 atom stereocenters. The quantitative estimate of drug-likeness (QED) is 0.255. The zero-order chi connectivity index (χ0) is 16.3. The first-order valence-electron chi connectivity index (χ1n) is 6.58. The van der Waals surface area contributed by atoms with Gasteiger partial charge >= 0.3 is 0 Å². The molecule has 0 saturated heterocycles. The van der Waals surface area contributed by atoms with Crippen LogP contribution in [0.25, 0.3) is 0 Å². The minimum Gasteiger partial charge on any atom is -0.412 e. The summed E-state index contributed by atoms with van der Waals surface area (Å²) in [6.07, 6.45) is 0. The van der Waals surface area contributed by atoms with Crippen molar-refractivity contribution in [1.82, 2.24) is 0 Å². The lowest BCUT2D eigenvalue weighted by atomic mass is 10.1. The van der Waals surface area contributed by atoms with Crippen LogP contribution in [-0.2, 0) is 11.0 Å². The second kappa shape index (κ2) is 6.57. The van der Waals surface area contributed by atoms with Crippen molar-refractivity contribution < 1.29 is 9.35 Å². The summed E-state index contributed by atoms with van der Waals surface area (Å²) in [5, 5.41) is 13.5.